The molecule has 0 spiro atoms. The molecule has 2 amide bonds. The number of H-pyrrole nitrogens is 1. The van der Waals surface area contributed by atoms with E-state index in [0.29, 0.717) is 24.3 Å². The van der Waals surface area contributed by atoms with E-state index in [1.54, 1.807) is 6.07 Å². The summed E-state index contributed by atoms with van der Waals surface area (Å²) >= 11 is 0. The second-order valence-corrected chi connectivity index (χ2v) is 5.32. The summed E-state index contributed by atoms with van der Waals surface area (Å²) in [4.78, 5) is 34.9. The van der Waals surface area contributed by atoms with Gasteiger partial charge in [0.15, 0.2) is 0 Å². The topological polar surface area (TPSA) is 99.8 Å². The summed E-state index contributed by atoms with van der Waals surface area (Å²) in [5, 5.41) is 5.38. The van der Waals surface area contributed by atoms with E-state index in [2.05, 4.69) is 25.6 Å². The fourth-order valence-electron chi connectivity index (χ4n) is 2.34. The van der Waals surface area contributed by atoms with Crippen molar-refractivity contribution < 1.29 is 9.59 Å². The molecule has 7 nitrogen and oxygen atoms in total. The lowest BCUT2D eigenvalue weighted by Crippen LogP contribution is -2.26. The molecule has 0 aliphatic rings. The quantitative estimate of drug-likeness (QED) is 0.667. The molecule has 0 bridgehead atoms. The molecule has 7 heteroatoms. The molecule has 3 aromatic rings. The molecule has 0 saturated carbocycles. The van der Waals surface area contributed by atoms with Gasteiger partial charge in [0.2, 0.25) is 5.91 Å². The maximum atomic E-state index is 12.2. The van der Waals surface area contributed by atoms with E-state index in [1.807, 2.05) is 24.3 Å². The molecule has 122 valence electrons. The molecule has 3 rings (SSSR count). The van der Waals surface area contributed by atoms with E-state index < -0.39 is 0 Å². The van der Waals surface area contributed by atoms with Gasteiger partial charge < -0.3 is 15.6 Å². The zero-order chi connectivity index (χ0) is 16.9. The molecule has 0 radical (unpaired) electrons. The first-order chi connectivity index (χ1) is 11.6. The molecule has 1 aromatic carbocycles. The molecule has 0 aliphatic heterocycles. The number of pyridine rings is 1. The van der Waals surface area contributed by atoms with E-state index in [0.717, 1.165) is 16.9 Å². The Kier molecular flexibility index (Phi) is 4.51. The van der Waals surface area contributed by atoms with Crippen LogP contribution in [-0.4, -0.2) is 33.3 Å². The average molecular weight is 323 g/mol. The van der Waals surface area contributed by atoms with Crippen LogP contribution in [0.5, 0.6) is 0 Å². The lowest BCUT2D eigenvalue weighted by Gasteiger charge is -2.06. The predicted molar refractivity (Wildman–Crippen MR) is 90.7 cm³/mol. The van der Waals surface area contributed by atoms with Crippen LogP contribution in [0.3, 0.4) is 0 Å². The number of anilines is 1. The monoisotopic (exact) mass is 323 g/mol. The molecule has 0 aliphatic carbocycles. The van der Waals surface area contributed by atoms with Crippen LogP contribution in [0.1, 0.15) is 23.1 Å². The number of aromatic nitrogens is 3. The molecule has 24 heavy (non-hydrogen) atoms. The van der Waals surface area contributed by atoms with Crippen molar-refractivity contribution in [2.24, 2.45) is 0 Å². The van der Waals surface area contributed by atoms with Gasteiger partial charge >= 0.3 is 0 Å². The molecule has 2 aromatic heterocycles. The smallest absolute Gasteiger partial charge is 0.251 e. The van der Waals surface area contributed by atoms with Crippen molar-refractivity contribution >= 4 is 28.7 Å². The normalized spacial score (nSPS) is 10.5. The maximum absolute atomic E-state index is 12.2. The summed E-state index contributed by atoms with van der Waals surface area (Å²) in [5.41, 5.74) is 2.33. The standard InChI is InChI=1S/C17H17N5O2/c1-11(23)20-16-10-12(6-8-18-16)17(24)19-9-7-15-21-13-4-2-3-5-14(13)22-15/h2-6,8,10H,7,9H2,1H3,(H,19,24)(H,21,22)(H,18,20,23). The SMILES string of the molecule is CC(=O)Nc1cc(C(=O)NCCc2nc3ccccc3[nH]2)ccn1. The Labute approximate surface area is 138 Å². The van der Waals surface area contributed by atoms with Crippen LogP contribution < -0.4 is 10.6 Å². The van der Waals surface area contributed by atoms with Gasteiger partial charge in [0, 0.05) is 31.6 Å². The number of para-hydroxylation sites is 2. The highest BCUT2D eigenvalue weighted by Gasteiger charge is 2.08. The number of imidazole rings is 1. The number of hydrogen-bond acceptors (Lipinski definition) is 4. The van der Waals surface area contributed by atoms with Crippen LogP contribution in [0.25, 0.3) is 11.0 Å². The summed E-state index contributed by atoms with van der Waals surface area (Å²) in [6.07, 6.45) is 2.09. The Morgan fingerprint density at radius 3 is 2.83 bits per heavy atom. The minimum Gasteiger partial charge on any atom is -0.352 e. The van der Waals surface area contributed by atoms with Crippen LogP contribution >= 0.6 is 0 Å². The van der Waals surface area contributed by atoms with Crippen molar-refractivity contribution in [3.8, 4) is 0 Å². The van der Waals surface area contributed by atoms with Gasteiger partial charge in [-0.3, -0.25) is 9.59 Å². The van der Waals surface area contributed by atoms with E-state index >= 15 is 0 Å². The average Bonchev–Trinajstić information content (AvgIpc) is 2.97. The number of aromatic amines is 1. The van der Waals surface area contributed by atoms with Gasteiger partial charge in [-0.1, -0.05) is 12.1 Å². The molecular weight excluding hydrogens is 306 g/mol. The highest BCUT2D eigenvalue weighted by Crippen LogP contribution is 2.10. The summed E-state index contributed by atoms with van der Waals surface area (Å²) in [5.74, 6) is 0.725. The predicted octanol–water partition coefficient (Wildman–Crippen LogP) is 1.89. The summed E-state index contributed by atoms with van der Waals surface area (Å²) in [7, 11) is 0. The summed E-state index contributed by atoms with van der Waals surface area (Å²) in [6.45, 7) is 1.85. The number of nitrogens with zero attached hydrogens (tertiary/aromatic N) is 2. The van der Waals surface area contributed by atoms with Crippen molar-refractivity contribution in [2.75, 3.05) is 11.9 Å². The zero-order valence-corrected chi connectivity index (χ0v) is 13.2. The van der Waals surface area contributed by atoms with Crippen molar-refractivity contribution in [2.45, 2.75) is 13.3 Å². The maximum Gasteiger partial charge on any atom is 0.251 e. The third-order valence-electron chi connectivity index (χ3n) is 3.41. The van der Waals surface area contributed by atoms with Gasteiger partial charge in [-0.2, -0.15) is 0 Å². The molecule has 0 fully saturated rings. The lowest BCUT2D eigenvalue weighted by molar-refractivity contribution is -0.114. The second kappa shape index (κ2) is 6.91. The number of fused-ring (bicyclic) bond motifs is 1. The first kappa shape index (κ1) is 15.7. The number of amides is 2. The Bertz CT molecular complexity index is 854. The van der Waals surface area contributed by atoms with Crippen LogP contribution in [0.4, 0.5) is 5.82 Å². The van der Waals surface area contributed by atoms with Crippen molar-refractivity contribution in [3.63, 3.8) is 0 Å². The summed E-state index contributed by atoms with van der Waals surface area (Å²) in [6, 6.07) is 10.9. The molecule has 0 atom stereocenters. The number of benzene rings is 1. The second-order valence-electron chi connectivity index (χ2n) is 5.32. The molecular formula is C17H17N5O2. The molecule has 3 N–H and O–H groups in total. The summed E-state index contributed by atoms with van der Waals surface area (Å²) < 4.78 is 0. The fraction of sp³-hybridized carbons (Fsp3) is 0.176. The van der Waals surface area contributed by atoms with Gasteiger partial charge in [0.05, 0.1) is 11.0 Å². The highest BCUT2D eigenvalue weighted by molar-refractivity contribution is 5.96. The minimum absolute atomic E-state index is 0.222. The number of carbonyl (C=O) groups excluding carboxylic acids is 2. The highest BCUT2D eigenvalue weighted by atomic mass is 16.2. The lowest BCUT2D eigenvalue weighted by atomic mass is 10.2. The fourth-order valence-corrected chi connectivity index (χ4v) is 2.34. The Morgan fingerprint density at radius 2 is 2.04 bits per heavy atom. The van der Waals surface area contributed by atoms with Crippen molar-refractivity contribution in [3.05, 3.63) is 54.0 Å². The van der Waals surface area contributed by atoms with Gasteiger partial charge in [-0.05, 0) is 24.3 Å². The number of rotatable bonds is 5. The minimum atomic E-state index is -0.232. The Hall–Kier alpha value is -3.22. The zero-order valence-electron chi connectivity index (χ0n) is 13.2. The van der Waals surface area contributed by atoms with Gasteiger partial charge in [0.25, 0.3) is 5.91 Å². The van der Waals surface area contributed by atoms with E-state index in [-0.39, 0.29) is 11.8 Å². The van der Waals surface area contributed by atoms with E-state index in [9.17, 15) is 9.59 Å². The van der Waals surface area contributed by atoms with Gasteiger partial charge in [-0.15, -0.1) is 0 Å². The van der Waals surface area contributed by atoms with Gasteiger partial charge in [0.1, 0.15) is 11.6 Å². The molecule has 2 heterocycles. The van der Waals surface area contributed by atoms with E-state index in [4.69, 9.17) is 0 Å². The Morgan fingerprint density at radius 1 is 1.21 bits per heavy atom. The third-order valence-corrected chi connectivity index (χ3v) is 3.41. The first-order valence-corrected chi connectivity index (χ1v) is 7.57. The number of hydrogen-bond donors (Lipinski definition) is 3. The van der Waals surface area contributed by atoms with Crippen LogP contribution in [0.2, 0.25) is 0 Å². The molecule has 0 unspecified atom stereocenters. The number of nitrogens with one attached hydrogen (secondary N) is 3. The van der Waals surface area contributed by atoms with Crippen molar-refractivity contribution in [1.82, 2.24) is 20.3 Å². The van der Waals surface area contributed by atoms with Crippen LogP contribution in [-0.2, 0) is 11.2 Å². The molecule has 0 saturated heterocycles. The first-order valence-electron chi connectivity index (χ1n) is 7.57. The van der Waals surface area contributed by atoms with E-state index in [1.165, 1.54) is 19.2 Å². The largest absolute Gasteiger partial charge is 0.352 e. The van der Waals surface area contributed by atoms with Crippen LogP contribution in [0.15, 0.2) is 42.6 Å². The number of carbonyl (C=O) groups is 2. The Balaban J connectivity index is 1.58. The van der Waals surface area contributed by atoms with Crippen molar-refractivity contribution in [1.29, 1.82) is 0 Å². The van der Waals surface area contributed by atoms with Crippen LogP contribution in [0, 0.1) is 0 Å². The third kappa shape index (κ3) is 3.75. The van der Waals surface area contributed by atoms with Gasteiger partial charge in [-0.25, -0.2) is 9.97 Å².